The molecule has 0 aliphatic rings. The fourth-order valence-electron chi connectivity index (χ4n) is 3.41. The molecule has 0 saturated carbocycles. The zero-order chi connectivity index (χ0) is 16.4. The Hall–Kier alpha value is -3.54. The van der Waals surface area contributed by atoms with Gasteiger partial charge in [0.2, 0.25) is 0 Å². The molecule has 2 heterocycles. The van der Waals surface area contributed by atoms with Gasteiger partial charge in [0.25, 0.3) is 11.2 Å². The van der Waals surface area contributed by atoms with Crippen LogP contribution >= 0.6 is 0 Å². The summed E-state index contributed by atoms with van der Waals surface area (Å²) in [5, 5.41) is 13.7. The fourth-order valence-corrected chi connectivity index (χ4v) is 3.41. The molecule has 0 N–H and O–H groups in total. The quantitative estimate of drug-likeness (QED) is 0.350. The van der Waals surface area contributed by atoms with Crippen molar-refractivity contribution in [2.75, 3.05) is 0 Å². The van der Waals surface area contributed by atoms with Gasteiger partial charge in [-0.3, -0.25) is 19.3 Å². The number of para-hydroxylation sites is 2. The third-order valence-corrected chi connectivity index (χ3v) is 4.41. The summed E-state index contributed by atoms with van der Waals surface area (Å²) < 4.78 is 1.54. The van der Waals surface area contributed by atoms with Crippen LogP contribution < -0.4 is 5.56 Å². The molecular formula is C18H9N3O3. The molecule has 0 aliphatic heterocycles. The minimum Gasteiger partial charge on any atom is -0.268 e. The van der Waals surface area contributed by atoms with Gasteiger partial charge in [-0.2, -0.15) is 0 Å². The van der Waals surface area contributed by atoms with Crippen LogP contribution in [0.5, 0.6) is 0 Å². The lowest BCUT2D eigenvalue weighted by molar-refractivity contribution is -0.384. The number of benzene rings is 3. The predicted molar refractivity (Wildman–Crippen MR) is 91.8 cm³/mol. The molecule has 0 amide bonds. The van der Waals surface area contributed by atoms with Crippen LogP contribution in [0.4, 0.5) is 5.69 Å². The lowest BCUT2D eigenvalue weighted by Gasteiger charge is -2.07. The van der Waals surface area contributed by atoms with Crippen molar-refractivity contribution in [2.24, 2.45) is 0 Å². The lowest BCUT2D eigenvalue weighted by Crippen LogP contribution is -2.13. The van der Waals surface area contributed by atoms with Gasteiger partial charge in [-0.15, -0.1) is 0 Å². The van der Waals surface area contributed by atoms with Crippen molar-refractivity contribution in [1.29, 1.82) is 0 Å². The number of imidazole rings is 1. The van der Waals surface area contributed by atoms with Gasteiger partial charge in [-0.05, 0) is 17.5 Å². The van der Waals surface area contributed by atoms with E-state index in [4.69, 9.17) is 0 Å². The van der Waals surface area contributed by atoms with Gasteiger partial charge in [-0.25, -0.2) is 4.98 Å². The number of nitro groups is 1. The Bertz CT molecular complexity index is 1350. The summed E-state index contributed by atoms with van der Waals surface area (Å²) in [4.78, 5) is 28.4. The SMILES string of the molecule is O=c1c2cc([N+](=O)[O-])cc3cccc(c32)c2nc3ccccc3n12. The van der Waals surface area contributed by atoms with E-state index in [0.29, 0.717) is 21.9 Å². The molecule has 0 aliphatic carbocycles. The zero-order valence-corrected chi connectivity index (χ0v) is 12.3. The van der Waals surface area contributed by atoms with Crippen molar-refractivity contribution in [2.45, 2.75) is 0 Å². The van der Waals surface area contributed by atoms with Gasteiger partial charge in [-0.1, -0.05) is 30.3 Å². The van der Waals surface area contributed by atoms with Gasteiger partial charge in [0, 0.05) is 22.9 Å². The van der Waals surface area contributed by atoms with E-state index in [1.807, 2.05) is 36.4 Å². The highest BCUT2D eigenvalue weighted by Crippen LogP contribution is 2.32. The monoisotopic (exact) mass is 315 g/mol. The van der Waals surface area contributed by atoms with Crippen molar-refractivity contribution in [3.05, 3.63) is 75.1 Å². The average molecular weight is 315 g/mol. The lowest BCUT2D eigenvalue weighted by atomic mass is 10.0. The van der Waals surface area contributed by atoms with E-state index in [1.54, 1.807) is 6.07 Å². The van der Waals surface area contributed by atoms with Crippen molar-refractivity contribution in [1.82, 2.24) is 9.38 Å². The van der Waals surface area contributed by atoms with Crippen molar-refractivity contribution in [3.8, 4) is 0 Å². The van der Waals surface area contributed by atoms with Crippen LogP contribution in [-0.2, 0) is 0 Å². The van der Waals surface area contributed by atoms with E-state index < -0.39 is 4.92 Å². The van der Waals surface area contributed by atoms with E-state index in [2.05, 4.69) is 4.98 Å². The predicted octanol–water partition coefficient (Wildman–Crippen LogP) is 3.50. The summed E-state index contributed by atoms with van der Waals surface area (Å²) in [6.45, 7) is 0. The first-order valence-electron chi connectivity index (χ1n) is 7.39. The number of fused-ring (bicyclic) bond motifs is 4. The van der Waals surface area contributed by atoms with Crippen LogP contribution in [0.3, 0.4) is 0 Å². The van der Waals surface area contributed by atoms with Crippen LogP contribution in [0.15, 0.2) is 59.4 Å². The van der Waals surface area contributed by atoms with Crippen molar-refractivity contribution >= 4 is 43.9 Å². The van der Waals surface area contributed by atoms with Crippen molar-refractivity contribution in [3.63, 3.8) is 0 Å². The standard InChI is InChI=1S/C18H9N3O3/c22-18-13-9-11(21(23)24)8-10-4-3-5-12(16(10)13)17-19-14-6-1-2-7-15(14)20(17)18/h1-9H. The van der Waals surface area contributed by atoms with Crippen LogP contribution in [0.25, 0.3) is 38.2 Å². The topological polar surface area (TPSA) is 77.5 Å². The first-order valence-corrected chi connectivity index (χ1v) is 7.39. The molecule has 3 aromatic carbocycles. The Balaban J connectivity index is 2.17. The first-order chi connectivity index (χ1) is 11.6. The normalized spacial score (nSPS) is 11.8. The van der Waals surface area contributed by atoms with Gasteiger partial charge >= 0.3 is 0 Å². The number of hydrogen-bond donors (Lipinski definition) is 0. The Morgan fingerprint density at radius 1 is 1.00 bits per heavy atom. The fraction of sp³-hybridized carbons (Fsp3) is 0. The molecule has 0 radical (unpaired) electrons. The smallest absolute Gasteiger partial charge is 0.268 e. The molecule has 6 nitrogen and oxygen atoms in total. The van der Waals surface area contributed by atoms with Crippen LogP contribution in [0.2, 0.25) is 0 Å². The third-order valence-electron chi connectivity index (χ3n) is 4.41. The maximum Gasteiger partial charge on any atom is 0.270 e. The number of non-ortho nitro benzene ring substituents is 1. The number of rotatable bonds is 1. The molecule has 0 bridgehead atoms. The average Bonchev–Trinajstić information content (AvgIpc) is 2.98. The Labute approximate surface area is 134 Å². The Kier molecular flexibility index (Phi) is 2.30. The van der Waals surface area contributed by atoms with Gasteiger partial charge in [0.1, 0.15) is 5.65 Å². The number of hydrogen-bond acceptors (Lipinski definition) is 4. The van der Waals surface area contributed by atoms with E-state index in [-0.39, 0.29) is 11.2 Å². The maximum absolute atomic E-state index is 13.0. The van der Waals surface area contributed by atoms with Crippen LogP contribution in [-0.4, -0.2) is 14.3 Å². The summed E-state index contributed by atoms with van der Waals surface area (Å²) in [5.41, 5.74) is 1.63. The molecule has 5 aromatic rings. The molecule has 24 heavy (non-hydrogen) atoms. The van der Waals surface area contributed by atoms with Crippen LogP contribution in [0, 0.1) is 10.1 Å². The summed E-state index contributed by atoms with van der Waals surface area (Å²) in [5.74, 6) is 0. The summed E-state index contributed by atoms with van der Waals surface area (Å²) in [6.07, 6.45) is 0. The van der Waals surface area contributed by atoms with Gasteiger partial charge < -0.3 is 0 Å². The molecule has 2 aromatic heterocycles. The molecule has 0 atom stereocenters. The summed E-state index contributed by atoms with van der Waals surface area (Å²) >= 11 is 0. The number of nitrogens with zero attached hydrogens (tertiary/aromatic N) is 3. The zero-order valence-electron chi connectivity index (χ0n) is 12.3. The Morgan fingerprint density at radius 2 is 1.83 bits per heavy atom. The minimum absolute atomic E-state index is 0.0872. The molecule has 0 spiro atoms. The number of nitro benzene ring substituents is 1. The van der Waals surface area contributed by atoms with E-state index in [1.165, 1.54) is 16.5 Å². The highest BCUT2D eigenvalue weighted by molar-refractivity contribution is 6.16. The molecule has 6 heteroatoms. The Morgan fingerprint density at radius 3 is 2.67 bits per heavy atom. The highest BCUT2D eigenvalue weighted by Gasteiger charge is 2.18. The second-order valence-electron chi connectivity index (χ2n) is 5.72. The highest BCUT2D eigenvalue weighted by atomic mass is 16.6. The molecule has 0 saturated heterocycles. The second kappa shape index (κ2) is 4.26. The first kappa shape index (κ1) is 13.0. The molecule has 0 unspecified atom stereocenters. The molecule has 0 fully saturated rings. The molecule has 114 valence electrons. The molecule has 5 rings (SSSR count). The number of aromatic nitrogens is 2. The van der Waals surface area contributed by atoms with Gasteiger partial charge in [0.05, 0.1) is 21.3 Å². The third kappa shape index (κ3) is 1.49. The largest absolute Gasteiger partial charge is 0.270 e. The van der Waals surface area contributed by atoms with Crippen LogP contribution in [0.1, 0.15) is 0 Å². The van der Waals surface area contributed by atoms with Gasteiger partial charge in [0.15, 0.2) is 0 Å². The maximum atomic E-state index is 13.0. The van der Waals surface area contributed by atoms with Crippen molar-refractivity contribution < 1.29 is 4.92 Å². The number of pyridine rings is 1. The van der Waals surface area contributed by atoms with E-state index >= 15 is 0 Å². The van der Waals surface area contributed by atoms with E-state index in [9.17, 15) is 14.9 Å². The summed E-state index contributed by atoms with van der Waals surface area (Å²) in [7, 11) is 0. The molecular weight excluding hydrogens is 306 g/mol. The minimum atomic E-state index is -0.475. The van der Waals surface area contributed by atoms with E-state index in [0.717, 1.165) is 16.3 Å². The summed E-state index contributed by atoms with van der Waals surface area (Å²) in [6, 6.07) is 15.7. The second-order valence-corrected chi connectivity index (χ2v) is 5.72.